The summed E-state index contributed by atoms with van der Waals surface area (Å²) in [5.74, 6) is 0.455. The van der Waals surface area contributed by atoms with E-state index in [0.29, 0.717) is 18.8 Å². The van der Waals surface area contributed by atoms with Crippen LogP contribution in [0.1, 0.15) is 0 Å². The molecule has 1 aliphatic rings. The summed E-state index contributed by atoms with van der Waals surface area (Å²) in [5, 5.41) is 3.27. The monoisotopic (exact) mass is 276 g/mol. The van der Waals surface area contributed by atoms with Crippen molar-refractivity contribution in [2.75, 3.05) is 20.2 Å². The number of hydrogen-bond donors (Lipinski definition) is 2. The number of halogens is 1. The Morgan fingerprint density at radius 1 is 1.47 bits per heavy atom. The highest BCUT2D eigenvalue weighted by molar-refractivity contribution is 7.89. The van der Waals surface area contributed by atoms with Gasteiger partial charge in [0, 0.05) is 19.1 Å². The summed E-state index contributed by atoms with van der Waals surface area (Å²) in [6.45, 7) is 1.31. The standard InChI is InChI=1S/C10H13ClN2O3S/c1-16-10-3-2-8(4-9(10)11)17(14,15)13-7-5-12-6-7/h2-4,7,12-13H,5-6H2,1H3. The highest BCUT2D eigenvalue weighted by atomic mass is 35.5. The number of ether oxygens (including phenoxy) is 1. The minimum absolute atomic E-state index is 0.0409. The number of benzene rings is 1. The number of rotatable bonds is 4. The van der Waals surface area contributed by atoms with Crippen LogP contribution in [0.5, 0.6) is 5.75 Å². The van der Waals surface area contributed by atoms with Gasteiger partial charge in [-0.1, -0.05) is 11.6 Å². The third-order valence-corrected chi connectivity index (χ3v) is 4.35. The molecule has 94 valence electrons. The SMILES string of the molecule is COc1ccc(S(=O)(=O)NC2CNC2)cc1Cl. The fourth-order valence-electron chi connectivity index (χ4n) is 1.47. The van der Waals surface area contributed by atoms with Crippen molar-refractivity contribution in [3.05, 3.63) is 23.2 Å². The zero-order valence-electron chi connectivity index (χ0n) is 9.23. The van der Waals surface area contributed by atoms with Gasteiger partial charge in [-0.05, 0) is 18.2 Å². The fourth-order valence-corrected chi connectivity index (χ4v) is 3.06. The van der Waals surface area contributed by atoms with Gasteiger partial charge in [-0.3, -0.25) is 0 Å². The van der Waals surface area contributed by atoms with Crippen LogP contribution in [-0.4, -0.2) is 34.7 Å². The van der Waals surface area contributed by atoms with Gasteiger partial charge in [-0.25, -0.2) is 13.1 Å². The van der Waals surface area contributed by atoms with Gasteiger partial charge in [-0.2, -0.15) is 0 Å². The maximum Gasteiger partial charge on any atom is 0.240 e. The van der Waals surface area contributed by atoms with Crippen molar-refractivity contribution < 1.29 is 13.2 Å². The molecule has 7 heteroatoms. The predicted octanol–water partition coefficient (Wildman–Crippen LogP) is 0.599. The molecule has 0 saturated carbocycles. The molecule has 0 radical (unpaired) electrons. The quantitative estimate of drug-likeness (QED) is 0.845. The summed E-state index contributed by atoms with van der Waals surface area (Å²) in [6.07, 6.45) is 0. The molecule has 1 aromatic rings. The lowest BCUT2D eigenvalue weighted by Crippen LogP contribution is -2.56. The first-order valence-electron chi connectivity index (χ1n) is 5.09. The van der Waals surface area contributed by atoms with E-state index in [1.165, 1.54) is 25.3 Å². The Kier molecular flexibility index (Phi) is 3.58. The maximum atomic E-state index is 11.9. The van der Waals surface area contributed by atoms with Gasteiger partial charge in [0.25, 0.3) is 0 Å². The molecule has 1 fully saturated rings. The first kappa shape index (κ1) is 12.6. The van der Waals surface area contributed by atoms with E-state index in [4.69, 9.17) is 16.3 Å². The molecule has 0 unspecified atom stereocenters. The number of methoxy groups -OCH3 is 1. The average Bonchev–Trinajstić information content (AvgIpc) is 2.23. The highest BCUT2D eigenvalue weighted by Gasteiger charge is 2.24. The largest absolute Gasteiger partial charge is 0.495 e. The number of nitrogens with one attached hydrogen (secondary N) is 2. The number of sulfonamides is 1. The van der Waals surface area contributed by atoms with Crippen LogP contribution in [-0.2, 0) is 10.0 Å². The molecule has 1 saturated heterocycles. The first-order chi connectivity index (χ1) is 8.03. The van der Waals surface area contributed by atoms with Crippen LogP contribution in [0.3, 0.4) is 0 Å². The van der Waals surface area contributed by atoms with Crippen LogP contribution in [0.15, 0.2) is 23.1 Å². The van der Waals surface area contributed by atoms with Gasteiger partial charge in [0.05, 0.1) is 17.0 Å². The summed E-state index contributed by atoms with van der Waals surface area (Å²) in [6, 6.07) is 4.35. The molecule has 0 atom stereocenters. The Morgan fingerprint density at radius 3 is 2.65 bits per heavy atom. The fraction of sp³-hybridized carbons (Fsp3) is 0.400. The van der Waals surface area contributed by atoms with Crippen LogP contribution < -0.4 is 14.8 Å². The minimum Gasteiger partial charge on any atom is -0.495 e. The average molecular weight is 277 g/mol. The van der Waals surface area contributed by atoms with Crippen molar-refractivity contribution in [2.45, 2.75) is 10.9 Å². The third-order valence-electron chi connectivity index (χ3n) is 2.54. The van der Waals surface area contributed by atoms with E-state index in [-0.39, 0.29) is 16.0 Å². The Morgan fingerprint density at radius 2 is 2.18 bits per heavy atom. The van der Waals surface area contributed by atoms with Gasteiger partial charge in [-0.15, -0.1) is 0 Å². The molecule has 1 aliphatic heterocycles. The molecule has 0 bridgehead atoms. The first-order valence-corrected chi connectivity index (χ1v) is 6.95. The van der Waals surface area contributed by atoms with Crippen LogP contribution >= 0.6 is 11.6 Å². The summed E-state index contributed by atoms with van der Waals surface area (Å²) in [4.78, 5) is 0.148. The van der Waals surface area contributed by atoms with Gasteiger partial charge >= 0.3 is 0 Å². The van der Waals surface area contributed by atoms with Gasteiger partial charge < -0.3 is 10.1 Å². The molecule has 1 aromatic carbocycles. The second-order valence-electron chi connectivity index (χ2n) is 3.77. The minimum atomic E-state index is -3.50. The van der Waals surface area contributed by atoms with E-state index in [0.717, 1.165) is 0 Å². The molecule has 17 heavy (non-hydrogen) atoms. The summed E-state index contributed by atoms with van der Waals surface area (Å²) >= 11 is 5.89. The van der Waals surface area contributed by atoms with Gasteiger partial charge in [0.15, 0.2) is 0 Å². The van der Waals surface area contributed by atoms with Crippen LogP contribution in [0.25, 0.3) is 0 Å². The van der Waals surface area contributed by atoms with E-state index < -0.39 is 10.0 Å². The van der Waals surface area contributed by atoms with E-state index >= 15 is 0 Å². The summed E-state index contributed by atoms with van der Waals surface area (Å²) < 4.78 is 31.5. The predicted molar refractivity (Wildman–Crippen MR) is 65.0 cm³/mol. The molecule has 0 spiro atoms. The van der Waals surface area contributed by atoms with E-state index in [1.54, 1.807) is 0 Å². The van der Waals surface area contributed by atoms with E-state index in [1.807, 2.05) is 0 Å². The Hall–Kier alpha value is -0.820. The van der Waals surface area contributed by atoms with Crippen LogP contribution in [0.4, 0.5) is 0 Å². The molecule has 2 rings (SSSR count). The second kappa shape index (κ2) is 4.81. The van der Waals surface area contributed by atoms with Crippen molar-refractivity contribution in [3.63, 3.8) is 0 Å². The van der Waals surface area contributed by atoms with E-state index in [2.05, 4.69) is 10.0 Å². The van der Waals surface area contributed by atoms with Crippen LogP contribution in [0, 0.1) is 0 Å². The Labute approximate surface area is 105 Å². The van der Waals surface area contributed by atoms with Crippen molar-refractivity contribution >= 4 is 21.6 Å². The van der Waals surface area contributed by atoms with Crippen molar-refractivity contribution in [1.29, 1.82) is 0 Å². The third kappa shape index (κ3) is 2.71. The molecule has 1 heterocycles. The normalized spacial score (nSPS) is 16.6. The lowest BCUT2D eigenvalue weighted by Gasteiger charge is -2.27. The molecule has 0 aromatic heterocycles. The lowest BCUT2D eigenvalue weighted by atomic mass is 10.2. The topological polar surface area (TPSA) is 67.4 Å². The van der Waals surface area contributed by atoms with Crippen molar-refractivity contribution in [1.82, 2.24) is 10.0 Å². The maximum absolute atomic E-state index is 11.9. The van der Waals surface area contributed by atoms with Gasteiger partial charge in [0.2, 0.25) is 10.0 Å². The molecule has 0 aliphatic carbocycles. The zero-order chi connectivity index (χ0) is 12.5. The smallest absolute Gasteiger partial charge is 0.240 e. The second-order valence-corrected chi connectivity index (χ2v) is 5.89. The molecule has 5 nitrogen and oxygen atoms in total. The lowest BCUT2D eigenvalue weighted by molar-refractivity contribution is 0.409. The van der Waals surface area contributed by atoms with Crippen LogP contribution in [0.2, 0.25) is 5.02 Å². The molecule has 0 amide bonds. The highest BCUT2D eigenvalue weighted by Crippen LogP contribution is 2.26. The molecule has 2 N–H and O–H groups in total. The Balaban J connectivity index is 2.23. The molecular weight excluding hydrogens is 264 g/mol. The summed E-state index contributed by atoms with van der Waals surface area (Å²) in [5.41, 5.74) is 0. The number of hydrogen-bond acceptors (Lipinski definition) is 4. The van der Waals surface area contributed by atoms with Crippen molar-refractivity contribution in [2.24, 2.45) is 0 Å². The summed E-state index contributed by atoms with van der Waals surface area (Å²) in [7, 11) is -2.02. The van der Waals surface area contributed by atoms with Gasteiger partial charge in [0.1, 0.15) is 5.75 Å². The molecular formula is C10H13ClN2O3S. The van der Waals surface area contributed by atoms with Crippen molar-refractivity contribution in [3.8, 4) is 5.75 Å². The van der Waals surface area contributed by atoms with E-state index in [9.17, 15) is 8.42 Å². The zero-order valence-corrected chi connectivity index (χ0v) is 10.8. The Bertz CT molecular complexity index is 514.